The van der Waals surface area contributed by atoms with Crippen molar-refractivity contribution in [1.29, 1.82) is 0 Å². The third kappa shape index (κ3) is 4.66. The summed E-state index contributed by atoms with van der Waals surface area (Å²) in [5, 5.41) is 3.46. The summed E-state index contributed by atoms with van der Waals surface area (Å²) in [6.07, 6.45) is 1.13. The lowest BCUT2D eigenvalue weighted by molar-refractivity contribution is 0.103. The molecule has 0 fully saturated rings. The summed E-state index contributed by atoms with van der Waals surface area (Å²) in [4.78, 5) is 19.3. The molecule has 2 heterocycles. The third-order valence-corrected chi connectivity index (χ3v) is 6.00. The summed E-state index contributed by atoms with van der Waals surface area (Å²) >= 11 is 9.14. The van der Waals surface area contributed by atoms with E-state index in [4.69, 9.17) is 16.3 Å². The van der Waals surface area contributed by atoms with E-state index in [1.165, 1.54) is 24.5 Å². The van der Waals surface area contributed by atoms with Crippen LogP contribution in [0.5, 0.6) is 5.75 Å². The molecular weight excluding hydrogens is 419 g/mol. The van der Waals surface area contributed by atoms with Gasteiger partial charge in [0.15, 0.2) is 0 Å². The maximum Gasteiger partial charge on any atom is 0.265 e. The number of thiophene rings is 1. The minimum absolute atomic E-state index is 0.241. The van der Waals surface area contributed by atoms with Crippen molar-refractivity contribution in [2.24, 2.45) is 0 Å². The number of benzene rings is 1. The van der Waals surface area contributed by atoms with Crippen LogP contribution >= 0.6 is 34.7 Å². The number of aromatic nitrogens is 1. The van der Waals surface area contributed by atoms with Gasteiger partial charge < -0.3 is 10.1 Å². The Hall–Kier alpha value is -2.09. The predicted octanol–water partition coefficient (Wildman–Crippen LogP) is 6.28. The van der Waals surface area contributed by atoms with E-state index in [1.54, 1.807) is 23.9 Å². The number of halogens is 2. The molecule has 3 aromatic rings. The number of rotatable bonds is 6. The van der Waals surface area contributed by atoms with Crippen LogP contribution in [-0.2, 0) is 0 Å². The van der Waals surface area contributed by atoms with Crippen molar-refractivity contribution in [3.8, 4) is 17.0 Å². The lowest BCUT2D eigenvalue weighted by atomic mass is 10.1. The summed E-state index contributed by atoms with van der Waals surface area (Å²) < 4.78 is 18.7. The van der Waals surface area contributed by atoms with Crippen LogP contribution in [0.2, 0.25) is 5.02 Å². The van der Waals surface area contributed by atoms with Crippen LogP contribution in [-0.4, -0.2) is 23.8 Å². The molecule has 0 atom stereocenters. The molecule has 0 aliphatic heterocycles. The van der Waals surface area contributed by atoms with Crippen LogP contribution in [0.3, 0.4) is 0 Å². The summed E-state index contributed by atoms with van der Waals surface area (Å²) in [5.41, 5.74) is 1.87. The summed E-state index contributed by atoms with van der Waals surface area (Å²) in [7, 11) is 1.46. The number of amides is 1. The van der Waals surface area contributed by atoms with Crippen molar-refractivity contribution >= 4 is 46.3 Å². The Morgan fingerprint density at radius 3 is 2.82 bits per heavy atom. The van der Waals surface area contributed by atoms with E-state index in [-0.39, 0.29) is 5.91 Å². The van der Waals surface area contributed by atoms with Gasteiger partial charge in [0.2, 0.25) is 0 Å². The largest absolute Gasteiger partial charge is 0.494 e. The molecule has 1 N–H and O–H groups in total. The zero-order chi connectivity index (χ0) is 20.3. The first-order valence-corrected chi connectivity index (χ1v) is 10.6. The summed E-state index contributed by atoms with van der Waals surface area (Å²) in [6.45, 7) is 3.94. The van der Waals surface area contributed by atoms with Crippen LogP contribution in [0.1, 0.15) is 21.5 Å². The maximum absolute atomic E-state index is 13.4. The Morgan fingerprint density at radius 1 is 1.32 bits per heavy atom. The molecule has 0 aliphatic carbocycles. The Labute approximate surface area is 176 Å². The van der Waals surface area contributed by atoms with Crippen molar-refractivity contribution < 1.29 is 13.9 Å². The van der Waals surface area contributed by atoms with E-state index in [0.29, 0.717) is 27.0 Å². The van der Waals surface area contributed by atoms with Crippen molar-refractivity contribution in [3.05, 3.63) is 57.1 Å². The molecule has 2 aromatic heterocycles. The van der Waals surface area contributed by atoms with Gasteiger partial charge in [0, 0.05) is 32.1 Å². The average Bonchev–Trinajstić information content (AvgIpc) is 3.03. The molecule has 8 heteroatoms. The summed E-state index contributed by atoms with van der Waals surface area (Å²) in [5.74, 6) is 0.514. The van der Waals surface area contributed by atoms with Gasteiger partial charge in [0.25, 0.3) is 5.91 Å². The van der Waals surface area contributed by atoms with E-state index >= 15 is 0 Å². The number of hydrogen-bond acceptors (Lipinski definition) is 5. The van der Waals surface area contributed by atoms with Crippen LogP contribution in [0, 0.1) is 12.7 Å². The van der Waals surface area contributed by atoms with E-state index in [1.807, 2.05) is 19.1 Å². The normalized spacial score (nSPS) is 10.8. The maximum atomic E-state index is 13.4. The number of thioether (sulfide) groups is 1. The van der Waals surface area contributed by atoms with E-state index < -0.39 is 5.82 Å². The monoisotopic (exact) mass is 436 g/mol. The van der Waals surface area contributed by atoms with Gasteiger partial charge in [0.1, 0.15) is 17.3 Å². The summed E-state index contributed by atoms with van der Waals surface area (Å²) in [6, 6.07) is 8.49. The van der Waals surface area contributed by atoms with Crippen LogP contribution in [0.4, 0.5) is 10.1 Å². The molecule has 1 amide bonds. The lowest BCUT2D eigenvalue weighted by Gasteiger charge is -2.07. The fourth-order valence-corrected chi connectivity index (χ4v) is 4.65. The molecule has 0 spiro atoms. The quantitative estimate of drug-likeness (QED) is 0.462. The zero-order valence-corrected chi connectivity index (χ0v) is 17.9. The van der Waals surface area contributed by atoms with Crippen molar-refractivity contribution in [3.63, 3.8) is 0 Å². The van der Waals surface area contributed by atoms with Crippen LogP contribution in [0.25, 0.3) is 11.3 Å². The van der Waals surface area contributed by atoms with Crippen LogP contribution in [0.15, 0.2) is 41.4 Å². The Kier molecular flexibility index (Phi) is 6.59. The average molecular weight is 437 g/mol. The smallest absolute Gasteiger partial charge is 0.265 e. The highest BCUT2D eigenvalue weighted by molar-refractivity contribution is 7.99. The van der Waals surface area contributed by atoms with Gasteiger partial charge in [-0.1, -0.05) is 18.5 Å². The Bertz CT molecular complexity index is 1020. The number of aryl methyl sites for hydroxylation is 1. The second kappa shape index (κ2) is 8.94. The zero-order valence-electron chi connectivity index (χ0n) is 15.5. The number of methoxy groups -OCH3 is 1. The molecule has 28 heavy (non-hydrogen) atoms. The molecule has 4 nitrogen and oxygen atoms in total. The lowest BCUT2D eigenvalue weighted by Crippen LogP contribution is -2.10. The number of nitrogens with zero attached hydrogens (tertiary/aromatic N) is 1. The molecule has 0 unspecified atom stereocenters. The number of carbonyl (C=O) groups is 1. The van der Waals surface area contributed by atoms with Crippen molar-refractivity contribution in [1.82, 2.24) is 4.98 Å². The minimum atomic E-state index is -0.479. The predicted molar refractivity (Wildman–Crippen MR) is 115 cm³/mol. The number of ether oxygens (including phenoxy) is 1. The minimum Gasteiger partial charge on any atom is -0.494 e. The van der Waals surface area contributed by atoms with Gasteiger partial charge in [-0.2, -0.15) is 0 Å². The third-order valence-electron chi connectivity index (χ3n) is 3.88. The number of carbonyl (C=O) groups excluding carboxylic acids is 1. The number of anilines is 1. The van der Waals surface area contributed by atoms with E-state index in [2.05, 4.69) is 17.2 Å². The van der Waals surface area contributed by atoms with E-state index in [0.717, 1.165) is 27.3 Å². The number of pyridine rings is 1. The van der Waals surface area contributed by atoms with Crippen LogP contribution < -0.4 is 10.1 Å². The first-order valence-electron chi connectivity index (χ1n) is 8.46. The second-order valence-corrected chi connectivity index (χ2v) is 8.88. The van der Waals surface area contributed by atoms with Crippen molar-refractivity contribution in [2.75, 3.05) is 18.2 Å². The molecular formula is C20H18ClFN2O2S2. The topological polar surface area (TPSA) is 51.2 Å². The van der Waals surface area contributed by atoms with Gasteiger partial charge in [-0.05, 0) is 36.9 Å². The SMILES string of the molecule is CCSc1cc(Cl)cc(NC(=O)c2cc(-c3ncc(F)cc3OC)c(C)s2)c1. The van der Waals surface area contributed by atoms with Gasteiger partial charge in [-0.25, -0.2) is 9.37 Å². The molecule has 0 radical (unpaired) electrons. The highest BCUT2D eigenvalue weighted by Crippen LogP contribution is 2.36. The molecule has 0 saturated carbocycles. The number of hydrogen-bond donors (Lipinski definition) is 1. The fourth-order valence-electron chi connectivity index (χ4n) is 2.69. The van der Waals surface area contributed by atoms with Gasteiger partial charge in [-0.15, -0.1) is 23.1 Å². The van der Waals surface area contributed by atoms with Gasteiger partial charge >= 0.3 is 0 Å². The molecule has 0 saturated heterocycles. The van der Waals surface area contributed by atoms with Crippen molar-refractivity contribution in [2.45, 2.75) is 18.7 Å². The van der Waals surface area contributed by atoms with Gasteiger partial charge in [-0.3, -0.25) is 4.79 Å². The Balaban J connectivity index is 1.88. The first kappa shape index (κ1) is 20.6. The standard InChI is InChI=1S/C20H18ClFN2O2S2/c1-4-27-15-6-12(21)5-14(8-15)24-20(25)18-9-16(11(2)28-18)19-17(26-3)7-13(22)10-23-19/h5-10H,4H2,1-3H3,(H,24,25). The fraction of sp³-hybridized carbons (Fsp3) is 0.200. The second-order valence-electron chi connectivity index (χ2n) is 5.85. The van der Waals surface area contributed by atoms with Gasteiger partial charge in [0.05, 0.1) is 18.2 Å². The molecule has 0 aliphatic rings. The molecule has 146 valence electrons. The first-order chi connectivity index (χ1) is 13.4. The van der Waals surface area contributed by atoms with E-state index in [9.17, 15) is 9.18 Å². The Morgan fingerprint density at radius 2 is 2.11 bits per heavy atom. The highest BCUT2D eigenvalue weighted by Gasteiger charge is 2.18. The number of nitrogens with one attached hydrogen (secondary N) is 1. The highest BCUT2D eigenvalue weighted by atomic mass is 35.5. The molecule has 0 bridgehead atoms. The molecule has 1 aromatic carbocycles. The molecule has 3 rings (SSSR count).